The van der Waals surface area contributed by atoms with E-state index in [0.717, 1.165) is 45.0 Å². The minimum Gasteiger partial charge on any atom is -0.379 e. The maximum atomic E-state index is 11.0. The lowest BCUT2D eigenvalue weighted by atomic mass is 10.1. The SMILES string of the molecule is CCNC(=NCc1cccc([N+](=O)[O-])c1)NCc1ccccc1CN1CCOCC1.I. The smallest absolute Gasteiger partial charge is 0.269 e. The zero-order valence-corrected chi connectivity index (χ0v) is 20.1. The molecule has 0 aliphatic carbocycles. The third-order valence-corrected chi connectivity index (χ3v) is 4.95. The summed E-state index contributed by atoms with van der Waals surface area (Å²) in [6.07, 6.45) is 0. The van der Waals surface area contributed by atoms with Crippen LogP contribution in [0.1, 0.15) is 23.6 Å². The molecule has 8 nitrogen and oxygen atoms in total. The minimum absolute atomic E-state index is 0. The second-order valence-corrected chi connectivity index (χ2v) is 7.13. The summed E-state index contributed by atoms with van der Waals surface area (Å²) in [4.78, 5) is 17.6. The van der Waals surface area contributed by atoms with E-state index in [-0.39, 0.29) is 34.6 Å². The zero-order chi connectivity index (χ0) is 21.2. The number of hydrogen-bond donors (Lipinski definition) is 2. The molecule has 0 aromatic heterocycles. The molecule has 1 saturated heterocycles. The van der Waals surface area contributed by atoms with Crippen LogP contribution in [0.15, 0.2) is 53.5 Å². The molecule has 0 unspecified atom stereocenters. The van der Waals surface area contributed by atoms with Crippen molar-refractivity contribution in [3.63, 3.8) is 0 Å². The van der Waals surface area contributed by atoms with Gasteiger partial charge in [0.15, 0.2) is 5.96 Å². The van der Waals surface area contributed by atoms with Crippen molar-refractivity contribution >= 4 is 35.6 Å². The van der Waals surface area contributed by atoms with Crippen molar-refractivity contribution in [3.8, 4) is 0 Å². The monoisotopic (exact) mass is 539 g/mol. The number of guanidine groups is 1. The molecular weight excluding hydrogens is 509 g/mol. The highest BCUT2D eigenvalue weighted by Crippen LogP contribution is 2.14. The molecule has 1 aliphatic heterocycles. The Morgan fingerprint density at radius 1 is 1.13 bits per heavy atom. The first kappa shape index (κ1) is 25.0. The molecule has 1 fully saturated rings. The Balaban J connectivity index is 0.00000341. The molecule has 2 aromatic rings. The lowest BCUT2D eigenvalue weighted by Gasteiger charge is -2.27. The van der Waals surface area contributed by atoms with Gasteiger partial charge in [0.25, 0.3) is 5.69 Å². The largest absolute Gasteiger partial charge is 0.379 e. The van der Waals surface area contributed by atoms with Crippen LogP contribution >= 0.6 is 24.0 Å². The van der Waals surface area contributed by atoms with Crippen LogP contribution in [0.4, 0.5) is 5.69 Å². The lowest BCUT2D eigenvalue weighted by Crippen LogP contribution is -2.38. The molecule has 0 atom stereocenters. The number of non-ortho nitro benzene ring substituents is 1. The van der Waals surface area contributed by atoms with E-state index < -0.39 is 0 Å². The van der Waals surface area contributed by atoms with E-state index in [4.69, 9.17) is 4.74 Å². The Morgan fingerprint density at radius 3 is 2.58 bits per heavy atom. The average Bonchev–Trinajstić information content (AvgIpc) is 2.77. The Hall–Kier alpha value is -2.24. The number of nitro benzene ring substituents is 1. The van der Waals surface area contributed by atoms with Crippen molar-refractivity contribution in [2.24, 2.45) is 4.99 Å². The van der Waals surface area contributed by atoms with Gasteiger partial charge < -0.3 is 15.4 Å². The number of rotatable bonds is 8. The third kappa shape index (κ3) is 8.08. The summed E-state index contributed by atoms with van der Waals surface area (Å²) in [5.74, 6) is 0.685. The van der Waals surface area contributed by atoms with Gasteiger partial charge in [-0.05, 0) is 23.6 Å². The summed E-state index contributed by atoms with van der Waals surface area (Å²) >= 11 is 0. The van der Waals surface area contributed by atoms with Crippen LogP contribution in [-0.2, 0) is 24.4 Å². The first-order valence-electron chi connectivity index (χ1n) is 10.3. The van der Waals surface area contributed by atoms with Crippen molar-refractivity contribution in [2.75, 3.05) is 32.8 Å². The second-order valence-electron chi connectivity index (χ2n) is 7.13. The summed E-state index contributed by atoms with van der Waals surface area (Å²) in [6.45, 7) is 8.15. The zero-order valence-electron chi connectivity index (χ0n) is 17.8. The Labute approximate surface area is 200 Å². The number of nitrogens with one attached hydrogen (secondary N) is 2. The standard InChI is InChI=1S/C22H29N5O3.HI/c1-2-23-22(24-15-18-6-5-9-21(14-18)27(28)29)25-16-19-7-3-4-8-20(19)17-26-10-12-30-13-11-26;/h3-9,14H,2,10-13,15-17H2,1H3,(H2,23,24,25);1H. The van der Waals surface area contributed by atoms with Crippen LogP contribution in [0.5, 0.6) is 0 Å². The van der Waals surface area contributed by atoms with Crippen LogP contribution in [0.2, 0.25) is 0 Å². The van der Waals surface area contributed by atoms with Crippen molar-refractivity contribution in [2.45, 2.75) is 26.6 Å². The maximum absolute atomic E-state index is 11.0. The van der Waals surface area contributed by atoms with Crippen LogP contribution in [0, 0.1) is 10.1 Å². The molecule has 2 aromatic carbocycles. The van der Waals surface area contributed by atoms with Gasteiger partial charge in [-0.25, -0.2) is 4.99 Å². The van der Waals surface area contributed by atoms with Crippen LogP contribution < -0.4 is 10.6 Å². The molecule has 168 valence electrons. The number of nitro groups is 1. The summed E-state index contributed by atoms with van der Waals surface area (Å²) in [5, 5.41) is 17.6. The number of ether oxygens (including phenoxy) is 1. The molecule has 0 saturated carbocycles. The van der Waals surface area contributed by atoms with Gasteiger partial charge in [0.05, 0.1) is 24.7 Å². The van der Waals surface area contributed by atoms with Gasteiger partial charge in [-0.3, -0.25) is 15.0 Å². The first-order valence-corrected chi connectivity index (χ1v) is 10.3. The first-order chi connectivity index (χ1) is 14.7. The lowest BCUT2D eigenvalue weighted by molar-refractivity contribution is -0.384. The van der Waals surface area contributed by atoms with Crippen LogP contribution in [-0.4, -0.2) is 48.6 Å². The van der Waals surface area contributed by atoms with E-state index >= 15 is 0 Å². The second kappa shape index (κ2) is 13.2. The van der Waals surface area contributed by atoms with Gasteiger partial charge in [0, 0.05) is 44.9 Å². The van der Waals surface area contributed by atoms with Gasteiger partial charge in [-0.2, -0.15) is 0 Å². The maximum Gasteiger partial charge on any atom is 0.269 e. The topological polar surface area (TPSA) is 92.0 Å². The van der Waals surface area contributed by atoms with Crippen molar-refractivity contribution < 1.29 is 9.66 Å². The Morgan fingerprint density at radius 2 is 1.87 bits per heavy atom. The fourth-order valence-electron chi connectivity index (χ4n) is 3.34. The molecular formula is C22H30IN5O3. The Kier molecular flexibility index (Phi) is 10.7. The van der Waals surface area contributed by atoms with Crippen LogP contribution in [0.3, 0.4) is 0 Å². The number of benzene rings is 2. The fraction of sp³-hybridized carbons (Fsp3) is 0.409. The molecule has 2 N–H and O–H groups in total. The highest BCUT2D eigenvalue weighted by Gasteiger charge is 2.13. The van der Waals surface area contributed by atoms with E-state index in [1.54, 1.807) is 12.1 Å². The number of halogens is 1. The summed E-state index contributed by atoms with van der Waals surface area (Å²) in [6, 6.07) is 15.0. The van der Waals surface area contributed by atoms with Gasteiger partial charge >= 0.3 is 0 Å². The van der Waals surface area contributed by atoms with Gasteiger partial charge in [0.2, 0.25) is 0 Å². The highest BCUT2D eigenvalue weighted by molar-refractivity contribution is 14.0. The fourth-order valence-corrected chi connectivity index (χ4v) is 3.34. The van der Waals surface area contributed by atoms with Gasteiger partial charge in [-0.15, -0.1) is 24.0 Å². The van der Waals surface area contributed by atoms with Gasteiger partial charge in [-0.1, -0.05) is 36.4 Å². The van der Waals surface area contributed by atoms with E-state index in [1.807, 2.05) is 19.1 Å². The van der Waals surface area contributed by atoms with Gasteiger partial charge in [0.1, 0.15) is 0 Å². The molecule has 3 rings (SSSR count). The molecule has 0 radical (unpaired) electrons. The van der Waals surface area contributed by atoms with E-state index in [1.165, 1.54) is 17.2 Å². The van der Waals surface area contributed by atoms with E-state index in [2.05, 4.69) is 38.7 Å². The average molecular weight is 539 g/mol. The molecule has 1 heterocycles. The number of morpholine rings is 1. The van der Waals surface area contributed by atoms with Crippen molar-refractivity contribution in [1.82, 2.24) is 15.5 Å². The predicted octanol–water partition coefficient (Wildman–Crippen LogP) is 3.30. The normalized spacial score (nSPS) is 14.5. The Bertz CT molecular complexity index is 872. The number of nitrogens with zero attached hydrogens (tertiary/aromatic N) is 3. The quantitative estimate of drug-likeness (QED) is 0.176. The minimum atomic E-state index is -0.387. The molecule has 31 heavy (non-hydrogen) atoms. The molecule has 0 bridgehead atoms. The summed E-state index contributed by atoms with van der Waals surface area (Å²) in [5.41, 5.74) is 3.40. The molecule has 0 spiro atoms. The molecule has 9 heteroatoms. The molecule has 1 aliphatic rings. The van der Waals surface area contributed by atoms with E-state index in [0.29, 0.717) is 19.0 Å². The number of aliphatic imine (C=N–C) groups is 1. The highest BCUT2D eigenvalue weighted by atomic mass is 127. The third-order valence-electron chi connectivity index (χ3n) is 4.95. The van der Waals surface area contributed by atoms with Crippen molar-refractivity contribution in [3.05, 3.63) is 75.3 Å². The molecule has 0 amide bonds. The number of hydrogen-bond acceptors (Lipinski definition) is 5. The summed E-state index contributed by atoms with van der Waals surface area (Å²) < 4.78 is 5.44. The van der Waals surface area contributed by atoms with E-state index in [9.17, 15) is 10.1 Å². The van der Waals surface area contributed by atoms with Crippen LogP contribution in [0.25, 0.3) is 0 Å². The van der Waals surface area contributed by atoms with Crippen molar-refractivity contribution in [1.29, 1.82) is 0 Å². The summed E-state index contributed by atoms with van der Waals surface area (Å²) in [7, 11) is 0. The predicted molar refractivity (Wildman–Crippen MR) is 133 cm³/mol.